The molecule has 0 nitrogen and oxygen atoms in total. The number of benzene rings is 2. The van der Waals surface area contributed by atoms with Crippen molar-refractivity contribution in [2.75, 3.05) is 0 Å². The van der Waals surface area contributed by atoms with Gasteiger partial charge < -0.3 is 6.42 Å². The van der Waals surface area contributed by atoms with E-state index in [1.807, 2.05) is 32.4 Å². The molecule has 3 aromatic rings. The topological polar surface area (TPSA) is 0 Å². The first kappa shape index (κ1) is 21.3. The van der Waals surface area contributed by atoms with E-state index in [9.17, 15) is 0 Å². The minimum absolute atomic E-state index is 0.826. The molecular weight excluding hydrogens is 414 g/mol. The molecule has 1 aliphatic rings. The molecule has 24 heavy (non-hydrogen) atoms. The van der Waals surface area contributed by atoms with E-state index >= 15 is 0 Å². The van der Waals surface area contributed by atoms with E-state index in [0.717, 1.165) is 6.42 Å². The van der Waals surface area contributed by atoms with Crippen LogP contribution in [0.2, 0.25) is 0 Å². The van der Waals surface area contributed by atoms with Crippen LogP contribution in [0.4, 0.5) is 0 Å². The maximum absolute atomic E-state index is 4.93. The van der Waals surface area contributed by atoms with Crippen molar-refractivity contribution in [3.05, 3.63) is 85.3 Å². The predicted octanol–water partition coefficient (Wildman–Crippen LogP) is 7.62. The van der Waals surface area contributed by atoms with E-state index in [0.29, 0.717) is 0 Å². The summed E-state index contributed by atoms with van der Waals surface area (Å²) in [4.78, 5) is 0. The number of halogens is 2. The van der Waals surface area contributed by atoms with Crippen molar-refractivity contribution >= 4 is 38.6 Å². The van der Waals surface area contributed by atoms with Gasteiger partial charge in [-0.2, -0.15) is 19.9 Å². The number of hydrogen-bond donors (Lipinski definition) is 0. The van der Waals surface area contributed by atoms with Gasteiger partial charge in [0.05, 0.1) is 0 Å². The van der Waals surface area contributed by atoms with Crippen LogP contribution in [0, 0.1) is 12.5 Å². The summed E-state index contributed by atoms with van der Waals surface area (Å²) in [5.74, 6) is 0. The maximum atomic E-state index is 4.93. The fraction of sp³-hybridized carbons (Fsp3) is 0.143. The molecule has 1 aliphatic carbocycles. The molecule has 0 spiro atoms. The summed E-state index contributed by atoms with van der Waals surface area (Å²) < 4.78 is 0. The van der Waals surface area contributed by atoms with E-state index in [1.54, 1.807) is 0 Å². The van der Waals surface area contributed by atoms with Gasteiger partial charge in [-0.25, -0.2) is 12.2 Å². The van der Waals surface area contributed by atoms with Crippen molar-refractivity contribution in [1.82, 2.24) is 0 Å². The van der Waals surface area contributed by atoms with Crippen molar-refractivity contribution in [1.29, 1.82) is 0 Å². The molecule has 0 heterocycles. The van der Waals surface area contributed by atoms with E-state index in [2.05, 4.69) is 66.7 Å². The summed E-state index contributed by atoms with van der Waals surface area (Å²) in [5.41, 5.74) is 0. The van der Waals surface area contributed by atoms with Crippen molar-refractivity contribution in [2.24, 2.45) is 0 Å². The van der Waals surface area contributed by atoms with Crippen LogP contribution in [0.3, 0.4) is 0 Å². The van der Waals surface area contributed by atoms with Gasteiger partial charge in [0.1, 0.15) is 0 Å². The predicted molar refractivity (Wildman–Crippen MR) is 106 cm³/mol. The maximum Gasteiger partial charge on any atom is -0.0771 e. The normalized spacial score (nSPS) is 11.0. The van der Waals surface area contributed by atoms with Crippen LogP contribution in [0.25, 0.3) is 21.5 Å². The van der Waals surface area contributed by atoms with E-state index in [4.69, 9.17) is 17.0 Å². The third kappa shape index (κ3) is 7.43. The molecule has 0 aliphatic heterocycles. The van der Waals surface area contributed by atoms with Crippen LogP contribution in [0.15, 0.2) is 72.8 Å². The summed E-state index contributed by atoms with van der Waals surface area (Å²) in [6, 6.07) is 19.3. The number of rotatable bonds is 0. The van der Waals surface area contributed by atoms with Crippen LogP contribution in [0.1, 0.15) is 20.3 Å². The zero-order chi connectivity index (χ0) is 17.6. The van der Waals surface area contributed by atoms with Gasteiger partial charge in [0.15, 0.2) is 0 Å². The van der Waals surface area contributed by atoms with Crippen LogP contribution in [-0.4, -0.2) is 0 Å². The molecule has 126 valence electrons. The first-order chi connectivity index (χ1) is 11.8. The van der Waals surface area contributed by atoms with Crippen molar-refractivity contribution in [3.8, 4) is 0 Å². The molecule has 0 bridgehead atoms. The summed E-state index contributed by atoms with van der Waals surface area (Å²) in [6.07, 6.45) is 12.0. The molecule has 0 unspecified atom stereocenters. The smallest absolute Gasteiger partial charge is 0.0771 e. The quantitative estimate of drug-likeness (QED) is 0.319. The summed E-state index contributed by atoms with van der Waals surface area (Å²) in [5, 5.41) is 5.39. The van der Waals surface area contributed by atoms with Gasteiger partial charge in [-0.05, 0) is 0 Å². The van der Waals surface area contributed by atoms with Crippen molar-refractivity contribution in [3.63, 3.8) is 0 Å². The molecule has 0 aromatic heterocycles. The largest absolute Gasteiger partial charge is 0.126 e. The van der Waals surface area contributed by atoms with Crippen LogP contribution in [0.5, 0.6) is 0 Å². The van der Waals surface area contributed by atoms with Gasteiger partial charge in [-0.15, -0.1) is 46.2 Å². The Morgan fingerprint density at radius 1 is 0.958 bits per heavy atom. The summed E-state index contributed by atoms with van der Waals surface area (Å²) in [6.45, 7) is 4.00. The molecule has 0 amide bonds. The average Bonchev–Trinajstić information content (AvgIpc) is 3.28. The number of allylic oxidation sites excluding steroid dienone is 4. The Labute approximate surface area is 164 Å². The van der Waals surface area contributed by atoms with Crippen LogP contribution < -0.4 is 0 Å². The number of fused-ring (bicyclic) bond motifs is 3. The van der Waals surface area contributed by atoms with E-state index in [1.165, 1.54) is 21.5 Å². The van der Waals surface area contributed by atoms with Crippen molar-refractivity contribution in [2.45, 2.75) is 20.3 Å². The SMILES string of the molecule is C[CH-]C.[C-]1=CC=CC1.[Cl][Zr][Cl].c1ccc2c(c1)[cH-]c1ccccc12. The second-order valence-electron chi connectivity index (χ2n) is 4.97. The van der Waals surface area contributed by atoms with E-state index in [-0.39, 0.29) is 0 Å². The van der Waals surface area contributed by atoms with Gasteiger partial charge in [-0.3, -0.25) is 6.08 Å². The zero-order valence-electron chi connectivity index (χ0n) is 14.0. The number of hydrogen-bond acceptors (Lipinski definition) is 0. The Morgan fingerprint density at radius 3 is 1.75 bits per heavy atom. The Bertz CT molecular complexity index is 694. The Hall–Kier alpha value is -0.747. The second-order valence-corrected chi connectivity index (χ2v) is 8.70. The van der Waals surface area contributed by atoms with Crippen molar-refractivity contribution < 1.29 is 20.8 Å². The second kappa shape index (κ2) is 13.5. The molecule has 0 saturated heterocycles. The fourth-order valence-electron chi connectivity index (χ4n) is 2.24. The van der Waals surface area contributed by atoms with Crippen LogP contribution >= 0.6 is 17.0 Å². The zero-order valence-corrected chi connectivity index (χ0v) is 17.9. The molecule has 0 saturated carbocycles. The minimum Gasteiger partial charge on any atom is -0.126 e. The standard InChI is InChI=1S/C13H9.C5H5.C3H7.2ClH.Zr/c1-3-7-12-10(5-1)9-11-6-2-4-8-13(11)12;1-2-4-5-3-1;1-3-2;;;/h1-9H;1-3H,4H2;3H,1-2H3;2*1H;/q3*-1;;;+2/p-2. The van der Waals surface area contributed by atoms with Gasteiger partial charge in [0.2, 0.25) is 0 Å². The molecule has 0 atom stereocenters. The first-order valence-electron chi connectivity index (χ1n) is 7.73. The Balaban J connectivity index is 0.000000218. The van der Waals surface area contributed by atoms with Gasteiger partial charge in [0, 0.05) is 0 Å². The minimum atomic E-state index is -0.826. The molecule has 4 rings (SSSR count). The Morgan fingerprint density at radius 2 is 1.42 bits per heavy atom. The molecule has 3 heteroatoms. The van der Waals surface area contributed by atoms with Gasteiger partial charge in [0.25, 0.3) is 0 Å². The van der Waals surface area contributed by atoms with E-state index < -0.39 is 20.8 Å². The third-order valence-electron chi connectivity index (χ3n) is 3.11. The summed E-state index contributed by atoms with van der Waals surface area (Å²) >= 11 is -0.826. The van der Waals surface area contributed by atoms with Crippen LogP contribution in [-0.2, 0) is 20.8 Å². The fourth-order valence-corrected chi connectivity index (χ4v) is 2.24. The third-order valence-corrected chi connectivity index (χ3v) is 3.11. The molecule has 0 radical (unpaired) electrons. The van der Waals surface area contributed by atoms with Gasteiger partial charge in [-0.1, -0.05) is 36.4 Å². The monoisotopic (exact) mass is 433 g/mol. The average molecular weight is 436 g/mol. The molecule has 0 fully saturated rings. The Kier molecular flexibility index (Phi) is 12.0. The van der Waals surface area contributed by atoms with Gasteiger partial charge >= 0.3 is 37.9 Å². The summed E-state index contributed by atoms with van der Waals surface area (Å²) in [7, 11) is 9.87. The molecule has 3 aromatic carbocycles. The molecule has 0 N–H and O–H groups in total. The first-order valence-corrected chi connectivity index (χ1v) is 14.1. The molecular formula is C21H21Cl2Zr-3.